The molecule has 0 fully saturated rings. The van der Waals surface area contributed by atoms with Gasteiger partial charge in [0.15, 0.2) is 0 Å². The Kier molecular flexibility index (Phi) is 6.38. The number of aliphatic hydroxyl groups excluding tert-OH is 2. The Morgan fingerprint density at radius 2 is 2.08 bits per heavy atom. The van der Waals surface area contributed by atoms with Crippen molar-refractivity contribution in [2.24, 2.45) is 0 Å². The van der Waals surface area contributed by atoms with Crippen molar-refractivity contribution in [2.75, 3.05) is 13.2 Å². The van der Waals surface area contributed by atoms with E-state index in [-0.39, 0.29) is 6.61 Å². The maximum absolute atomic E-state index is 8.60. The first-order valence-electron chi connectivity index (χ1n) is 4.59. The van der Waals surface area contributed by atoms with Gasteiger partial charge in [-0.1, -0.05) is 0 Å². The minimum atomic E-state index is -0.571. The van der Waals surface area contributed by atoms with Crippen molar-refractivity contribution in [3.8, 4) is 12.0 Å². The molecule has 0 saturated carbocycles. The first kappa shape index (κ1) is 12.3. The number of aliphatic hydroxyl groups is 2. The molecule has 13 heavy (non-hydrogen) atoms. The average Bonchev–Trinajstić information content (AvgIpc) is 2.05. The molecule has 0 rings (SSSR count). The fourth-order valence-corrected chi connectivity index (χ4v) is 1.18. The Hall–Kier alpha value is -0.720. The summed E-state index contributed by atoms with van der Waals surface area (Å²) in [6, 6.07) is 0. The lowest BCUT2D eigenvalue weighted by molar-refractivity contribution is 0.0123. The van der Waals surface area contributed by atoms with Crippen LogP contribution in [0.3, 0.4) is 0 Å². The van der Waals surface area contributed by atoms with Crippen LogP contribution in [0.2, 0.25) is 0 Å². The summed E-state index contributed by atoms with van der Waals surface area (Å²) in [5.74, 6) is 2.62. The smallest absolute Gasteiger partial charge is 0.129 e. The molecule has 76 valence electrons. The van der Waals surface area contributed by atoms with Crippen LogP contribution in [-0.4, -0.2) is 29.0 Å². The number of rotatable bonds is 6. The van der Waals surface area contributed by atoms with E-state index in [1.54, 1.807) is 0 Å². The molecule has 0 spiro atoms. The van der Waals surface area contributed by atoms with Crippen molar-refractivity contribution >= 4 is 0 Å². The van der Waals surface area contributed by atoms with Gasteiger partial charge in [-0.3, -0.25) is 0 Å². The standard InChI is InChI=1S/C10H18O3/c1-3-13-10(2,7-9-12)6-4-5-8-11/h11-12H,3-6,8H2,1-2H3. The first-order chi connectivity index (χ1) is 6.18. The molecule has 0 amide bonds. The van der Waals surface area contributed by atoms with Gasteiger partial charge in [0.05, 0.1) is 0 Å². The monoisotopic (exact) mass is 186 g/mol. The molecule has 2 N–H and O–H groups in total. The predicted octanol–water partition coefficient (Wildman–Crippen LogP) is 1.28. The van der Waals surface area contributed by atoms with Gasteiger partial charge in [0.2, 0.25) is 0 Å². The minimum absolute atomic E-state index is 0.189. The van der Waals surface area contributed by atoms with Crippen molar-refractivity contribution < 1.29 is 14.9 Å². The Balaban J connectivity index is 3.97. The normalized spacial score (nSPS) is 14.4. The lowest BCUT2D eigenvalue weighted by Crippen LogP contribution is -2.26. The van der Waals surface area contributed by atoms with Crippen molar-refractivity contribution in [1.29, 1.82) is 0 Å². The van der Waals surface area contributed by atoms with Crippen LogP contribution in [-0.2, 0) is 4.74 Å². The van der Waals surface area contributed by atoms with Crippen LogP contribution >= 0.6 is 0 Å². The van der Waals surface area contributed by atoms with Gasteiger partial charge in [0.25, 0.3) is 0 Å². The Morgan fingerprint density at radius 3 is 2.54 bits per heavy atom. The van der Waals surface area contributed by atoms with E-state index >= 15 is 0 Å². The number of hydrogen-bond acceptors (Lipinski definition) is 3. The van der Waals surface area contributed by atoms with Gasteiger partial charge in [-0.05, 0) is 39.0 Å². The molecule has 0 bridgehead atoms. The van der Waals surface area contributed by atoms with Crippen LogP contribution in [0.1, 0.15) is 33.1 Å². The molecule has 0 heterocycles. The molecule has 0 radical (unpaired) electrons. The summed E-state index contributed by atoms with van der Waals surface area (Å²) in [5.41, 5.74) is -0.571. The molecule has 0 aromatic rings. The highest BCUT2D eigenvalue weighted by molar-refractivity contribution is 5.08. The summed E-state index contributed by atoms with van der Waals surface area (Å²) in [7, 11) is 0. The second-order valence-corrected chi connectivity index (χ2v) is 3.08. The molecule has 0 aromatic heterocycles. The number of hydrogen-bond donors (Lipinski definition) is 2. The third-order valence-corrected chi connectivity index (χ3v) is 1.85. The molecule has 0 aliphatic rings. The molecule has 1 unspecified atom stereocenters. The summed E-state index contributed by atoms with van der Waals surface area (Å²) >= 11 is 0. The quantitative estimate of drug-likeness (QED) is 0.485. The van der Waals surface area contributed by atoms with Gasteiger partial charge in [-0.15, -0.1) is 0 Å². The van der Waals surface area contributed by atoms with Crippen LogP contribution in [0.15, 0.2) is 0 Å². The molecule has 3 nitrogen and oxygen atoms in total. The highest BCUT2D eigenvalue weighted by Crippen LogP contribution is 2.17. The average molecular weight is 186 g/mol. The SMILES string of the molecule is CCOC(C)(C#CO)CCCCO. The number of unbranched alkanes of at least 4 members (excludes halogenated alkanes) is 1. The van der Waals surface area contributed by atoms with Crippen LogP contribution in [0.5, 0.6) is 0 Å². The second kappa shape index (κ2) is 6.76. The van der Waals surface area contributed by atoms with E-state index in [4.69, 9.17) is 14.9 Å². The zero-order valence-corrected chi connectivity index (χ0v) is 8.34. The zero-order chi connectivity index (χ0) is 10.2. The minimum Gasteiger partial charge on any atom is -0.462 e. The van der Waals surface area contributed by atoms with Gasteiger partial charge in [0, 0.05) is 13.2 Å². The van der Waals surface area contributed by atoms with Crippen molar-refractivity contribution in [3.63, 3.8) is 0 Å². The molecule has 0 aliphatic carbocycles. The highest BCUT2D eigenvalue weighted by atomic mass is 16.5. The maximum Gasteiger partial charge on any atom is 0.129 e. The van der Waals surface area contributed by atoms with Crippen molar-refractivity contribution in [3.05, 3.63) is 0 Å². The second-order valence-electron chi connectivity index (χ2n) is 3.08. The third-order valence-electron chi connectivity index (χ3n) is 1.85. The first-order valence-corrected chi connectivity index (χ1v) is 4.59. The van der Waals surface area contributed by atoms with Gasteiger partial charge in [-0.2, -0.15) is 0 Å². The highest BCUT2D eigenvalue weighted by Gasteiger charge is 2.20. The molecule has 0 aromatic carbocycles. The van der Waals surface area contributed by atoms with E-state index in [0.717, 1.165) is 19.3 Å². The fourth-order valence-electron chi connectivity index (χ4n) is 1.18. The largest absolute Gasteiger partial charge is 0.462 e. The summed E-state index contributed by atoms with van der Waals surface area (Å²) in [6.07, 6.45) is 4.21. The van der Waals surface area contributed by atoms with Gasteiger partial charge in [-0.25, -0.2) is 0 Å². The summed E-state index contributed by atoms with van der Waals surface area (Å²) in [5, 5.41) is 17.1. The molecular weight excluding hydrogens is 168 g/mol. The van der Waals surface area contributed by atoms with Crippen LogP contribution < -0.4 is 0 Å². The van der Waals surface area contributed by atoms with E-state index < -0.39 is 5.60 Å². The lowest BCUT2D eigenvalue weighted by Gasteiger charge is -2.22. The molecule has 3 heteroatoms. The maximum atomic E-state index is 8.60. The Bertz CT molecular complexity index is 180. The van der Waals surface area contributed by atoms with Crippen molar-refractivity contribution in [1.82, 2.24) is 0 Å². The summed E-state index contributed by atoms with van der Waals surface area (Å²) < 4.78 is 5.40. The zero-order valence-electron chi connectivity index (χ0n) is 8.34. The van der Waals surface area contributed by atoms with Crippen LogP contribution in [0.4, 0.5) is 0 Å². The Morgan fingerprint density at radius 1 is 1.38 bits per heavy atom. The summed E-state index contributed by atoms with van der Waals surface area (Å²) in [6.45, 7) is 4.50. The fraction of sp³-hybridized carbons (Fsp3) is 0.800. The number of ether oxygens (including phenoxy) is 1. The van der Waals surface area contributed by atoms with E-state index in [1.807, 2.05) is 20.0 Å². The third kappa shape index (κ3) is 5.51. The Labute approximate surface area is 79.7 Å². The van der Waals surface area contributed by atoms with Crippen molar-refractivity contribution in [2.45, 2.75) is 38.7 Å². The van der Waals surface area contributed by atoms with Gasteiger partial charge in [0.1, 0.15) is 11.7 Å². The lowest BCUT2D eigenvalue weighted by atomic mass is 10.00. The molecule has 0 saturated heterocycles. The topological polar surface area (TPSA) is 49.7 Å². The predicted molar refractivity (Wildman–Crippen MR) is 50.7 cm³/mol. The van der Waals surface area contributed by atoms with E-state index in [9.17, 15) is 0 Å². The molecular formula is C10H18O3. The molecule has 1 atom stereocenters. The van der Waals surface area contributed by atoms with Gasteiger partial charge < -0.3 is 14.9 Å². The van der Waals surface area contributed by atoms with Crippen LogP contribution in [0.25, 0.3) is 0 Å². The van der Waals surface area contributed by atoms with Gasteiger partial charge >= 0.3 is 0 Å². The molecule has 0 aliphatic heterocycles. The van der Waals surface area contributed by atoms with Crippen LogP contribution in [0, 0.1) is 12.0 Å². The van der Waals surface area contributed by atoms with E-state index in [0.29, 0.717) is 6.61 Å². The summed E-state index contributed by atoms with van der Waals surface area (Å²) in [4.78, 5) is 0. The van der Waals surface area contributed by atoms with E-state index in [1.165, 1.54) is 0 Å². The van der Waals surface area contributed by atoms with E-state index in [2.05, 4.69) is 5.92 Å².